The van der Waals surface area contributed by atoms with Gasteiger partial charge in [-0.2, -0.15) is 0 Å². The number of amides is 4. The van der Waals surface area contributed by atoms with Crippen molar-refractivity contribution < 1.29 is 131 Å². The number of aliphatic hydroxyl groups excluding tert-OH is 4. The number of allylic oxidation sites excluding steroid dienone is 6. The molecule has 4 amide bonds. The lowest BCUT2D eigenvalue weighted by molar-refractivity contribution is -0.302. The first-order valence-electron chi connectivity index (χ1n) is 46.3. The molecule has 127 heavy (non-hydrogen) atoms. The van der Waals surface area contributed by atoms with Gasteiger partial charge in [0.25, 0.3) is 23.4 Å². The van der Waals surface area contributed by atoms with Gasteiger partial charge in [-0.1, -0.05) is 101 Å². The summed E-state index contributed by atoms with van der Waals surface area (Å²) in [6.07, 6.45) is 3.16. The number of carbonyl (C=O) groups is 9. The Morgan fingerprint density at radius 1 is 0.472 bits per heavy atom. The maximum Gasteiger partial charge on any atom is 0.407 e. The number of ketones is 3. The van der Waals surface area contributed by atoms with E-state index in [0.29, 0.717) is 119 Å². The summed E-state index contributed by atoms with van der Waals surface area (Å²) in [5.74, 6) is -16.7. The van der Waals surface area contributed by atoms with Gasteiger partial charge in [-0.15, -0.1) is 0 Å². The molecule has 6 aliphatic heterocycles. The molecule has 31 heteroatoms. The van der Waals surface area contributed by atoms with E-state index in [-0.39, 0.29) is 113 Å². The number of esters is 2. The lowest BCUT2D eigenvalue weighted by Gasteiger charge is -2.47. The zero-order valence-corrected chi connectivity index (χ0v) is 77.8. The number of hydrogen-bond donors (Lipinski definition) is 8. The van der Waals surface area contributed by atoms with Crippen LogP contribution in [-0.4, -0.2) is 272 Å². The molecule has 9 rings (SSSR count). The quantitative estimate of drug-likeness (QED) is 0.0260. The molecule has 31 nitrogen and oxygen atoms in total. The average Bonchev–Trinajstić information content (AvgIpc) is 0.854. The van der Waals surface area contributed by atoms with Crippen LogP contribution in [0.5, 0.6) is 0 Å². The number of hydrogen-bond acceptors (Lipinski definition) is 27. The van der Waals surface area contributed by atoms with Gasteiger partial charge in [0.05, 0.1) is 74.3 Å². The highest BCUT2D eigenvalue weighted by Gasteiger charge is 2.59. The Bertz CT molecular complexity index is 3950. The first kappa shape index (κ1) is 104. The van der Waals surface area contributed by atoms with Crippen LogP contribution >= 0.6 is 0 Å². The monoisotopic (exact) mass is 1790 g/mol. The molecule has 0 radical (unpaired) electrons. The molecule has 2 aliphatic carbocycles. The Kier molecular flexibility index (Phi) is 39.6. The largest absolute Gasteiger partial charge is 0.456 e. The van der Waals surface area contributed by atoms with Gasteiger partial charge in [-0.05, 0) is 221 Å². The fourth-order valence-corrected chi connectivity index (χ4v) is 20.5. The van der Waals surface area contributed by atoms with Crippen LogP contribution in [0.25, 0.3) is 0 Å². The van der Waals surface area contributed by atoms with Crippen molar-refractivity contribution in [3.8, 4) is 0 Å². The van der Waals surface area contributed by atoms with Gasteiger partial charge in [-0.25, -0.2) is 19.2 Å². The minimum atomic E-state index is -2.62. The second-order valence-electron chi connectivity index (χ2n) is 37.9. The first-order valence-corrected chi connectivity index (χ1v) is 46.3. The summed E-state index contributed by atoms with van der Waals surface area (Å²) in [4.78, 5) is 132. The number of fused-ring (bicyclic) bond motifs is 6. The fraction of sp³-hybridized carbons (Fsp3) is 0.760. The van der Waals surface area contributed by atoms with Crippen LogP contribution in [0, 0.1) is 59.2 Å². The van der Waals surface area contributed by atoms with E-state index in [2.05, 4.69) is 23.6 Å². The van der Waals surface area contributed by atoms with Crippen molar-refractivity contribution in [1.29, 1.82) is 0 Å². The number of Topliss-reactive ketones (excluding diaryl/α,β-unsaturated/α-hetero) is 3. The highest BCUT2D eigenvalue weighted by Crippen LogP contribution is 2.43. The summed E-state index contributed by atoms with van der Waals surface area (Å²) < 4.78 is 72.3. The second-order valence-corrected chi connectivity index (χ2v) is 37.9. The third-order valence-corrected chi connectivity index (χ3v) is 28.2. The summed E-state index contributed by atoms with van der Waals surface area (Å²) in [5.41, 5.74) is 4.44. The zero-order chi connectivity index (χ0) is 92.9. The smallest absolute Gasteiger partial charge is 0.407 e. The van der Waals surface area contributed by atoms with Crippen molar-refractivity contribution in [3.63, 3.8) is 0 Å². The molecule has 28 atom stereocenters. The van der Waals surface area contributed by atoms with E-state index < -0.39 is 193 Å². The van der Waals surface area contributed by atoms with E-state index in [1.165, 1.54) is 40.4 Å². The molecule has 1 aromatic rings. The SMILES string of the molecule is COC1C[C@@H](C)C/C(C)=C/[C@@H](CCOC(=O)NCc2ccc(CNC(=O)OCC[C@@H]3/C=C(\C)C[C@H](C)CC(OC)C4O[C@@](O)(C(=O)C(=O)N5CCCC[C@H]5C(=O)OC(/C(C)=C/[C@@H]5CC[C@@H](O)[C@H](OC)C5)[C@H](C)[C@@H](O)CC3=O)[C@H](C)CC4OC)cc2)CC[C@H](O)[C@@H](C)C(/C(C)=C/[C@@H]2CC[C@@H](O)[C@H](OC)C2)OC(=O)[C@@H]2CCCCN2C(=O)C(=O)[C@]2(O)OC1C(OC)C[C@H]2C. The van der Waals surface area contributed by atoms with Gasteiger partial charge in [0.15, 0.2) is 0 Å². The van der Waals surface area contributed by atoms with E-state index in [9.17, 15) is 73.8 Å². The number of methoxy groups -OCH3 is 6. The van der Waals surface area contributed by atoms with Crippen molar-refractivity contribution >= 4 is 53.3 Å². The molecule has 4 bridgehead atoms. The molecule has 0 aromatic heterocycles. The van der Waals surface area contributed by atoms with Crippen LogP contribution in [0.1, 0.15) is 228 Å². The van der Waals surface area contributed by atoms with E-state index in [4.69, 9.17) is 56.8 Å². The van der Waals surface area contributed by atoms with Gasteiger partial charge in [0.1, 0.15) is 42.3 Å². The minimum absolute atomic E-state index is 0.00769. The Morgan fingerprint density at radius 3 is 1.28 bits per heavy atom. The molecular weight excluding hydrogens is 1640 g/mol. The number of piperidine rings is 2. The third-order valence-electron chi connectivity index (χ3n) is 28.2. The van der Waals surface area contributed by atoms with Crippen LogP contribution in [0.4, 0.5) is 9.59 Å². The van der Waals surface area contributed by atoms with Crippen LogP contribution in [0.15, 0.2) is 70.9 Å². The first-order chi connectivity index (χ1) is 60.4. The highest BCUT2D eigenvalue weighted by atomic mass is 16.7. The van der Waals surface area contributed by atoms with Crippen molar-refractivity contribution in [3.05, 3.63) is 82.0 Å². The van der Waals surface area contributed by atoms with Crippen molar-refractivity contribution in [2.24, 2.45) is 59.2 Å². The second kappa shape index (κ2) is 48.4. The van der Waals surface area contributed by atoms with Crippen molar-refractivity contribution in [2.75, 3.05) is 69.0 Å². The molecule has 6 heterocycles. The molecule has 714 valence electrons. The van der Waals surface area contributed by atoms with Crippen LogP contribution in [0.2, 0.25) is 0 Å². The van der Waals surface area contributed by atoms with Crippen LogP contribution < -0.4 is 10.6 Å². The van der Waals surface area contributed by atoms with Gasteiger partial charge in [0.2, 0.25) is 11.6 Å². The molecule has 1 aromatic carbocycles. The van der Waals surface area contributed by atoms with Gasteiger partial charge < -0.3 is 108 Å². The van der Waals surface area contributed by atoms with Gasteiger partial charge >= 0.3 is 24.1 Å². The molecule has 6 fully saturated rings. The number of benzene rings is 1. The third kappa shape index (κ3) is 27.4. The number of cyclic esters (lactones) is 2. The Hall–Kier alpha value is -6.95. The molecular formula is C96H148N4O27. The van der Waals surface area contributed by atoms with Gasteiger partial charge in [-0.3, -0.25) is 24.0 Å². The predicted octanol–water partition coefficient (Wildman–Crippen LogP) is 9.89. The minimum Gasteiger partial charge on any atom is -0.456 e. The number of alkyl carbamates (subject to hydrolysis) is 2. The molecule has 2 saturated carbocycles. The van der Waals surface area contributed by atoms with E-state index in [1.807, 2.05) is 46.8 Å². The van der Waals surface area contributed by atoms with Crippen LogP contribution in [-0.2, 0) is 103 Å². The molecule has 8 aliphatic rings. The molecule has 0 spiro atoms. The maximum absolute atomic E-state index is 14.9. The molecule has 4 saturated heterocycles. The molecule has 8 N–H and O–H groups in total. The summed E-state index contributed by atoms with van der Waals surface area (Å²) >= 11 is 0. The van der Waals surface area contributed by atoms with E-state index in [0.717, 1.165) is 21.6 Å². The Balaban J connectivity index is 0.852. The van der Waals surface area contributed by atoms with E-state index in [1.54, 1.807) is 65.1 Å². The lowest BCUT2D eigenvalue weighted by atomic mass is 9.81. The maximum atomic E-state index is 14.9. The number of nitrogens with zero attached hydrogens (tertiary/aromatic N) is 2. The Morgan fingerprint density at radius 2 is 0.858 bits per heavy atom. The van der Waals surface area contributed by atoms with Crippen LogP contribution in [0.3, 0.4) is 0 Å². The van der Waals surface area contributed by atoms with Gasteiger partial charge in [0, 0.05) is 105 Å². The summed E-state index contributed by atoms with van der Waals surface area (Å²) in [5, 5.41) is 76.3. The zero-order valence-electron chi connectivity index (χ0n) is 77.8. The standard InChI is InChI=1S/C96H148N4O27/c1-54-39-56(3)43-79(118-13)85-81(120-15)47-60(7)95(114,126-85)87(106)89(108)99-35-19-17-21-70(99)91(110)124-83(58(5)45-67-28-31-73(102)77(49-67)116-11)62(9)72(101)30-27-64(41-54)33-37-122-93(112)97-52-65-23-25-66(26-24-65)53-98-94(113)123-38-34-69-42-55(2)40-57(4)44-80(119-14)86-82(121-16)48-61(8)96(115,127-86)88(107)90(109)100-36-20-18-22-71(100)92(111)125-84(63(10)75(104)51-76(69)105)59(6)46-68-29-32-74(103)78(50-68)117-12/h23-26,41-42,45-46,56-57,60-64,67-75,77-86,101-104,114-115H,17-22,27-40,43-44,47-53H2,1-16H3,(H,97,112)(H,98,113)/b54-41+,55-42+,58-45+,59-46+/t56-,57-,60+,61+,62+,63+,64+,67-,68-,69+,70-,71-,72-,73+,74+,75-,77+,78+,79?,80?,81?,82?,83?,84?,85?,86?,95+,96+/m0/s1. The molecule has 8 unspecified atom stereocenters. The number of carbonyl (C=O) groups excluding carboxylic acids is 9. The summed E-state index contributed by atoms with van der Waals surface area (Å²) in [6.45, 7) is 18.2. The Labute approximate surface area is 750 Å². The van der Waals surface area contributed by atoms with E-state index >= 15 is 0 Å². The number of nitrogens with one attached hydrogen (secondary N) is 2. The summed E-state index contributed by atoms with van der Waals surface area (Å²) in [6, 6.07) is 4.72. The lowest BCUT2D eigenvalue weighted by Crippen LogP contribution is -2.64. The normalized spacial score (nSPS) is 38.0. The van der Waals surface area contributed by atoms with Crippen molar-refractivity contribution in [2.45, 2.75) is 339 Å². The number of ether oxygens (including phenoxy) is 12. The fourth-order valence-electron chi connectivity index (χ4n) is 20.5. The number of aliphatic hydroxyl groups is 6. The summed E-state index contributed by atoms with van der Waals surface area (Å²) in [7, 11) is 9.09. The predicted molar refractivity (Wildman–Crippen MR) is 467 cm³/mol. The number of rotatable bonds is 20. The average molecular weight is 1790 g/mol. The van der Waals surface area contributed by atoms with Crippen molar-refractivity contribution in [1.82, 2.24) is 20.4 Å². The highest BCUT2D eigenvalue weighted by molar-refractivity contribution is 6.39. The topological polar surface area (TPSA) is 416 Å².